The van der Waals surface area contributed by atoms with Crippen LogP contribution in [0.3, 0.4) is 0 Å². The van der Waals surface area contributed by atoms with Crippen LogP contribution < -0.4 is 0 Å². The van der Waals surface area contributed by atoms with Crippen molar-refractivity contribution in [3.8, 4) is 17.2 Å². The largest absolute Gasteiger partial charge is 0.504 e. The molecular formula is C24H28O3. The lowest BCUT2D eigenvalue weighted by Crippen LogP contribution is -1.89. The average molecular weight is 364 g/mol. The summed E-state index contributed by atoms with van der Waals surface area (Å²) >= 11 is 0. The molecule has 0 saturated carbocycles. The average Bonchev–Trinajstić information content (AvgIpc) is 2.65. The van der Waals surface area contributed by atoms with Crippen molar-refractivity contribution in [3.63, 3.8) is 0 Å². The van der Waals surface area contributed by atoms with Crippen molar-refractivity contribution in [1.82, 2.24) is 0 Å². The van der Waals surface area contributed by atoms with E-state index >= 15 is 0 Å². The molecular weight excluding hydrogens is 336 g/mol. The molecule has 3 heteroatoms. The van der Waals surface area contributed by atoms with E-state index < -0.39 is 5.75 Å². The van der Waals surface area contributed by atoms with Gasteiger partial charge in [-0.3, -0.25) is 0 Å². The molecule has 0 radical (unpaired) electrons. The van der Waals surface area contributed by atoms with E-state index in [-0.39, 0.29) is 11.5 Å². The first kappa shape index (κ1) is 20.4. The molecule has 0 amide bonds. The fourth-order valence-corrected chi connectivity index (χ4v) is 2.73. The van der Waals surface area contributed by atoms with Crippen LogP contribution in [0.25, 0.3) is 12.2 Å². The maximum atomic E-state index is 10.2. The molecule has 0 heterocycles. The fraction of sp³-hybridized carbons (Fsp3) is 0.250. The maximum Gasteiger partial charge on any atom is 0.201 e. The quantitative estimate of drug-likeness (QED) is 0.311. The third-order valence-corrected chi connectivity index (χ3v) is 4.37. The lowest BCUT2D eigenvalue weighted by Gasteiger charge is -2.10. The zero-order chi connectivity index (χ0) is 19.8. The normalized spacial score (nSPS) is 11.7. The van der Waals surface area contributed by atoms with Gasteiger partial charge in [0.25, 0.3) is 0 Å². The monoisotopic (exact) mass is 364 g/mol. The van der Waals surface area contributed by atoms with Crippen LogP contribution >= 0.6 is 0 Å². The summed E-state index contributed by atoms with van der Waals surface area (Å²) in [5, 5.41) is 30.4. The Morgan fingerprint density at radius 1 is 0.852 bits per heavy atom. The van der Waals surface area contributed by atoms with Gasteiger partial charge in [-0.2, -0.15) is 0 Å². The number of aromatic hydroxyl groups is 3. The predicted octanol–water partition coefficient (Wildman–Crippen LogP) is 6.21. The molecule has 0 aromatic heterocycles. The summed E-state index contributed by atoms with van der Waals surface area (Å²) in [7, 11) is 0. The Bertz CT molecular complexity index is 855. The molecule has 27 heavy (non-hydrogen) atoms. The lowest BCUT2D eigenvalue weighted by atomic mass is 10.0. The highest BCUT2D eigenvalue weighted by molar-refractivity contribution is 5.76. The van der Waals surface area contributed by atoms with Crippen molar-refractivity contribution >= 4 is 12.2 Å². The Kier molecular flexibility index (Phi) is 7.30. The SMILES string of the molecule is CC(C)=CCC/C(C)=C/Cc1cc(C=Cc2ccccc2)c(O)c(O)c1O. The topological polar surface area (TPSA) is 60.7 Å². The molecule has 3 nitrogen and oxygen atoms in total. The van der Waals surface area contributed by atoms with E-state index in [9.17, 15) is 15.3 Å². The number of phenols is 3. The van der Waals surface area contributed by atoms with Gasteiger partial charge in [-0.25, -0.2) is 0 Å². The first-order chi connectivity index (χ1) is 12.9. The number of phenolic OH excluding ortho intramolecular Hbond substituents is 3. The van der Waals surface area contributed by atoms with Crippen molar-refractivity contribution in [2.45, 2.75) is 40.0 Å². The maximum absolute atomic E-state index is 10.2. The van der Waals surface area contributed by atoms with Crippen LogP contribution in [-0.2, 0) is 6.42 Å². The molecule has 0 aliphatic carbocycles. The summed E-state index contributed by atoms with van der Waals surface area (Å²) in [4.78, 5) is 0. The fourth-order valence-electron chi connectivity index (χ4n) is 2.73. The molecule has 0 fully saturated rings. The minimum atomic E-state index is -0.476. The van der Waals surface area contributed by atoms with Crippen LogP contribution in [-0.4, -0.2) is 15.3 Å². The Hall–Kier alpha value is -2.94. The van der Waals surface area contributed by atoms with Gasteiger partial charge in [0.15, 0.2) is 11.5 Å². The van der Waals surface area contributed by atoms with E-state index in [0.717, 1.165) is 18.4 Å². The van der Waals surface area contributed by atoms with Crippen LogP contribution in [0.1, 0.15) is 50.3 Å². The molecule has 0 aliphatic heterocycles. The summed E-state index contributed by atoms with van der Waals surface area (Å²) in [6, 6.07) is 11.4. The number of allylic oxidation sites excluding steroid dienone is 4. The molecule has 142 valence electrons. The van der Waals surface area contributed by atoms with E-state index in [1.807, 2.05) is 36.4 Å². The molecule has 2 aromatic rings. The van der Waals surface area contributed by atoms with Gasteiger partial charge in [0.2, 0.25) is 5.75 Å². The summed E-state index contributed by atoms with van der Waals surface area (Å²) in [5.41, 5.74) is 4.57. The van der Waals surface area contributed by atoms with Gasteiger partial charge in [0, 0.05) is 11.1 Å². The minimum Gasteiger partial charge on any atom is -0.504 e. The Morgan fingerprint density at radius 3 is 2.22 bits per heavy atom. The molecule has 0 atom stereocenters. The van der Waals surface area contributed by atoms with Crippen molar-refractivity contribution < 1.29 is 15.3 Å². The molecule has 0 spiro atoms. The molecule has 0 bridgehead atoms. The Balaban J connectivity index is 2.20. The van der Waals surface area contributed by atoms with Gasteiger partial charge in [-0.15, -0.1) is 0 Å². The highest BCUT2D eigenvalue weighted by Gasteiger charge is 2.14. The standard InChI is InChI=1S/C24H28O3/c1-17(2)8-7-9-18(3)12-14-20-16-21(23(26)24(27)22(20)25)15-13-19-10-5-4-6-11-19/h4-6,8,10-13,15-16,25-27H,7,9,14H2,1-3H3/b15-13?,18-12+. The van der Waals surface area contributed by atoms with Gasteiger partial charge in [0.1, 0.15) is 0 Å². The van der Waals surface area contributed by atoms with Crippen molar-refractivity contribution in [2.24, 2.45) is 0 Å². The van der Waals surface area contributed by atoms with E-state index in [4.69, 9.17) is 0 Å². The third kappa shape index (κ3) is 6.07. The second kappa shape index (κ2) is 9.67. The van der Waals surface area contributed by atoms with Gasteiger partial charge in [-0.1, -0.05) is 65.8 Å². The van der Waals surface area contributed by atoms with E-state index in [0.29, 0.717) is 17.5 Å². The van der Waals surface area contributed by atoms with Crippen molar-refractivity contribution in [3.05, 3.63) is 76.4 Å². The molecule has 3 N–H and O–H groups in total. The minimum absolute atomic E-state index is 0.266. The molecule has 2 rings (SSSR count). The lowest BCUT2D eigenvalue weighted by molar-refractivity contribution is 0.365. The van der Waals surface area contributed by atoms with Crippen LogP contribution in [0.2, 0.25) is 0 Å². The third-order valence-electron chi connectivity index (χ3n) is 4.37. The summed E-state index contributed by atoms with van der Waals surface area (Å²) in [5.74, 6) is -1.05. The van der Waals surface area contributed by atoms with Crippen LogP contribution in [0.5, 0.6) is 17.2 Å². The molecule has 0 saturated heterocycles. The molecule has 0 aliphatic rings. The van der Waals surface area contributed by atoms with Gasteiger partial charge >= 0.3 is 0 Å². The van der Waals surface area contributed by atoms with Crippen LogP contribution in [0, 0.1) is 0 Å². The summed E-state index contributed by atoms with van der Waals surface area (Å²) in [6.07, 6.45) is 10.3. The summed E-state index contributed by atoms with van der Waals surface area (Å²) in [6.45, 7) is 6.23. The number of rotatable bonds is 7. The first-order valence-corrected chi connectivity index (χ1v) is 9.17. The zero-order valence-corrected chi connectivity index (χ0v) is 16.2. The first-order valence-electron chi connectivity index (χ1n) is 9.17. The van der Waals surface area contributed by atoms with E-state index in [2.05, 4.69) is 32.9 Å². The molecule has 0 unspecified atom stereocenters. The van der Waals surface area contributed by atoms with Gasteiger partial charge in [-0.05, 0) is 51.7 Å². The summed E-state index contributed by atoms with van der Waals surface area (Å²) < 4.78 is 0. The van der Waals surface area contributed by atoms with Gasteiger partial charge < -0.3 is 15.3 Å². The molecule has 2 aromatic carbocycles. The number of hydrogen-bond acceptors (Lipinski definition) is 3. The second-order valence-electron chi connectivity index (χ2n) is 6.99. The van der Waals surface area contributed by atoms with E-state index in [1.54, 1.807) is 12.1 Å². The zero-order valence-electron chi connectivity index (χ0n) is 16.2. The van der Waals surface area contributed by atoms with Gasteiger partial charge in [0.05, 0.1) is 0 Å². The Morgan fingerprint density at radius 2 is 1.56 bits per heavy atom. The highest BCUT2D eigenvalue weighted by Crippen LogP contribution is 2.41. The Labute approximate surface area is 161 Å². The van der Waals surface area contributed by atoms with Crippen molar-refractivity contribution in [2.75, 3.05) is 0 Å². The second-order valence-corrected chi connectivity index (χ2v) is 6.99. The number of hydrogen-bond donors (Lipinski definition) is 3. The van der Waals surface area contributed by atoms with E-state index in [1.165, 1.54) is 11.1 Å². The van der Waals surface area contributed by atoms with Crippen LogP contribution in [0.4, 0.5) is 0 Å². The number of benzene rings is 2. The van der Waals surface area contributed by atoms with Crippen molar-refractivity contribution in [1.29, 1.82) is 0 Å². The highest BCUT2D eigenvalue weighted by atomic mass is 16.3. The predicted molar refractivity (Wildman–Crippen MR) is 113 cm³/mol. The smallest absolute Gasteiger partial charge is 0.201 e. The van der Waals surface area contributed by atoms with Crippen LogP contribution in [0.15, 0.2) is 59.7 Å².